The van der Waals surface area contributed by atoms with Gasteiger partial charge in [-0.1, -0.05) is 29.4 Å². The number of fused-ring (bicyclic) bond motifs is 1. The van der Waals surface area contributed by atoms with Crippen molar-refractivity contribution >= 4 is 17.3 Å². The van der Waals surface area contributed by atoms with Crippen LogP contribution in [-0.2, 0) is 0 Å². The topological polar surface area (TPSA) is 65.8 Å². The zero-order chi connectivity index (χ0) is 13.9. The molecular formula is C15H13N3O2. The van der Waals surface area contributed by atoms with Gasteiger partial charge in [-0.2, -0.15) is 0 Å². The first-order valence-electron chi connectivity index (χ1n) is 6.34. The number of amides is 1. The molecule has 2 aromatic rings. The van der Waals surface area contributed by atoms with Crippen molar-refractivity contribution in [3.63, 3.8) is 0 Å². The molecule has 3 rings (SSSR count). The van der Waals surface area contributed by atoms with Crippen molar-refractivity contribution in [1.82, 2.24) is 4.98 Å². The summed E-state index contributed by atoms with van der Waals surface area (Å²) in [5.74, 6) is -0.143. The van der Waals surface area contributed by atoms with E-state index >= 15 is 0 Å². The molecule has 100 valence electrons. The van der Waals surface area contributed by atoms with Gasteiger partial charge in [0.2, 0.25) is 0 Å². The third kappa shape index (κ3) is 2.03. The molecule has 5 heteroatoms. The first kappa shape index (κ1) is 12.3. The minimum Gasteiger partial charge on any atom is -0.411 e. The third-order valence-electron chi connectivity index (χ3n) is 3.33. The maximum absolute atomic E-state index is 12.5. The Balaban J connectivity index is 2.02. The summed E-state index contributed by atoms with van der Waals surface area (Å²) < 4.78 is 0. The van der Waals surface area contributed by atoms with E-state index in [1.807, 2.05) is 24.3 Å². The molecule has 0 aliphatic carbocycles. The normalized spacial score (nSPS) is 16.0. The summed E-state index contributed by atoms with van der Waals surface area (Å²) in [5, 5.41) is 12.4. The lowest BCUT2D eigenvalue weighted by Gasteiger charge is -2.29. The monoisotopic (exact) mass is 267 g/mol. The largest absolute Gasteiger partial charge is 0.411 e. The molecule has 0 bridgehead atoms. The average Bonchev–Trinajstić information content (AvgIpc) is 2.54. The van der Waals surface area contributed by atoms with Gasteiger partial charge in [-0.25, -0.2) is 0 Å². The number of anilines is 1. The highest BCUT2D eigenvalue weighted by Gasteiger charge is 2.27. The van der Waals surface area contributed by atoms with Gasteiger partial charge < -0.3 is 10.1 Å². The molecule has 1 aliphatic heterocycles. The summed E-state index contributed by atoms with van der Waals surface area (Å²) in [5.41, 5.74) is 2.55. The van der Waals surface area contributed by atoms with Crippen LogP contribution in [0.25, 0.3) is 0 Å². The maximum Gasteiger partial charge on any atom is 0.276 e. The Morgan fingerprint density at radius 3 is 2.75 bits per heavy atom. The van der Waals surface area contributed by atoms with E-state index < -0.39 is 0 Å². The van der Waals surface area contributed by atoms with E-state index in [9.17, 15) is 4.79 Å². The average molecular weight is 267 g/mol. The number of carbonyl (C=O) groups is 1. The molecule has 0 saturated carbocycles. The second-order valence-electron chi connectivity index (χ2n) is 4.49. The van der Waals surface area contributed by atoms with Gasteiger partial charge in [-0.15, -0.1) is 0 Å². The van der Waals surface area contributed by atoms with Crippen LogP contribution in [0.1, 0.15) is 22.5 Å². The Bertz CT molecular complexity index is 668. The Labute approximate surface area is 116 Å². The quantitative estimate of drug-likeness (QED) is 0.637. The highest BCUT2D eigenvalue weighted by atomic mass is 16.4. The van der Waals surface area contributed by atoms with Crippen LogP contribution in [0.15, 0.2) is 53.8 Å². The first-order chi connectivity index (χ1) is 9.81. The Morgan fingerprint density at radius 2 is 2.00 bits per heavy atom. The maximum atomic E-state index is 12.5. The molecule has 0 fully saturated rings. The molecule has 1 N–H and O–H groups in total. The van der Waals surface area contributed by atoms with Crippen LogP contribution in [0.2, 0.25) is 0 Å². The van der Waals surface area contributed by atoms with Crippen molar-refractivity contribution in [2.75, 3.05) is 11.4 Å². The molecule has 1 aromatic heterocycles. The van der Waals surface area contributed by atoms with E-state index in [1.165, 1.54) is 0 Å². The first-order valence-corrected chi connectivity index (χ1v) is 6.34. The molecule has 0 spiro atoms. The van der Waals surface area contributed by atoms with Gasteiger partial charge in [0.25, 0.3) is 5.91 Å². The van der Waals surface area contributed by atoms with Gasteiger partial charge in [-0.3, -0.25) is 9.78 Å². The summed E-state index contributed by atoms with van der Waals surface area (Å²) in [7, 11) is 0. The fourth-order valence-corrected chi connectivity index (χ4v) is 2.37. The van der Waals surface area contributed by atoms with Crippen molar-refractivity contribution in [1.29, 1.82) is 0 Å². The van der Waals surface area contributed by atoms with Crippen LogP contribution in [-0.4, -0.2) is 28.4 Å². The van der Waals surface area contributed by atoms with Gasteiger partial charge >= 0.3 is 0 Å². The number of hydrogen-bond acceptors (Lipinski definition) is 4. The van der Waals surface area contributed by atoms with Crippen LogP contribution in [0, 0.1) is 0 Å². The molecule has 20 heavy (non-hydrogen) atoms. The van der Waals surface area contributed by atoms with Crippen molar-refractivity contribution < 1.29 is 10.0 Å². The molecule has 5 nitrogen and oxygen atoms in total. The van der Waals surface area contributed by atoms with E-state index in [-0.39, 0.29) is 5.91 Å². The van der Waals surface area contributed by atoms with Crippen LogP contribution >= 0.6 is 0 Å². The summed E-state index contributed by atoms with van der Waals surface area (Å²) in [4.78, 5) is 18.3. The Morgan fingerprint density at radius 1 is 1.20 bits per heavy atom. The zero-order valence-corrected chi connectivity index (χ0v) is 10.7. The molecule has 0 radical (unpaired) electrons. The van der Waals surface area contributed by atoms with Gasteiger partial charge in [0.05, 0.1) is 11.4 Å². The highest BCUT2D eigenvalue weighted by Crippen LogP contribution is 2.28. The van der Waals surface area contributed by atoms with Crippen molar-refractivity contribution in [3.8, 4) is 0 Å². The van der Waals surface area contributed by atoms with E-state index in [2.05, 4.69) is 10.1 Å². The van der Waals surface area contributed by atoms with Gasteiger partial charge in [0, 0.05) is 24.7 Å². The van der Waals surface area contributed by atoms with E-state index in [0.29, 0.717) is 24.4 Å². The van der Waals surface area contributed by atoms with Gasteiger partial charge in [-0.05, 0) is 18.2 Å². The number of para-hydroxylation sites is 1. The molecule has 0 unspecified atom stereocenters. The van der Waals surface area contributed by atoms with Crippen molar-refractivity contribution in [3.05, 3.63) is 59.9 Å². The smallest absolute Gasteiger partial charge is 0.276 e. The number of hydrogen-bond donors (Lipinski definition) is 1. The van der Waals surface area contributed by atoms with Crippen LogP contribution < -0.4 is 4.90 Å². The minimum absolute atomic E-state index is 0.143. The number of aromatic nitrogens is 1. The van der Waals surface area contributed by atoms with Crippen LogP contribution in [0.3, 0.4) is 0 Å². The van der Waals surface area contributed by atoms with Gasteiger partial charge in [0.1, 0.15) is 5.69 Å². The fraction of sp³-hybridized carbons (Fsp3) is 0.133. The molecule has 0 atom stereocenters. The van der Waals surface area contributed by atoms with Crippen LogP contribution in [0.5, 0.6) is 0 Å². The molecular weight excluding hydrogens is 254 g/mol. The number of nitrogens with zero attached hydrogens (tertiary/aromatic N) is 3. The number of oxime groups is 1. The Kier molecular flexibility index (Phi) is 3.16. The minimum atomic E-state index is -0.143. The molecule has 0 saturated heterocycles. The number of benzene rings is 1. The summed E-state index contributed by atoms with van der Waals surface area (Å²) in [6.45, 7) is 0.478. The lowest BCUT2D eigenvalue weighted by molar-refractivity contribution is 0.0982. The van der Waals surface area contributed by atoms with E-state index in [1.54, 1.807) is 29.3 Å². The van der Waals surface area contributed by atoms with E-state index in [0.717, 1.165) is 11.3 Å². The molecule has 2 heterocycles. The third-order valence-corrected chi connectivity index (χ3v) is 3.33. The van der Waals surface area contributed by atoms with E-state index in [4.69, 9.17) is 5.21 Å². The highest BCUT2D eigenvalue weighted by molar-refractivity contribution is 6.14. The SMILES string of the molecule is O=C(c1ccccn1)N1CCC(=NO)c2ccccc21. The van der Waals surface area contributed by atoms with Crippen molar-refractivity contribution in [2.45, 2.75) is 6.42 Å². The Hall–Kier alpha value is -2.69. The number of rotatable bonds is 1. The molecule has 1 aliphatic rings. The lowest BCUT2D eigenvalue weighted by atomic mass is 9.99. The molecule has 1 amide bonds. The zero-order valence-electron chi connectivity index (χ0n) is 10.7. The lowest BCUT2D eigenvalue weighted by Crippen LogP contribution is -2.38. The summed E-state index contributed by atoms with van der Waals surface area (Å²) in [6, 6.07) is 12.7. The predicted octanol–water partition coefficient (Wildman–Crippen LogP) is 2.31. The summed E-state index contributed by atoms with van der Waals surface area (Å²) in [6.07, 6.45) is 2.12. The second-order valence-corrected chi connectivity index (χ2v) is 4.49. The summed E-state index contributed by atoms with van der Waals surface area (Å²) >= 11 is 0. The van der Waals surface area contributed by atoms with Crippen molar-refractivity contribution in [2.24, 2.45) is 5.16 Å². The number of pyridine rings is 1. The predicted molar refractivity (Wildman–Crippen MR) is 75.3 cm³/mol. The van der Waals surface area contributed by atoms with Gasteiger partial charge in [0.15, 0.2) is 0 Å². The molecule has 1 aromatic carbocycles. The van der Waals surface area contributed by atoms with Crippen LogP contribution in [0.4, 0.5) is 5.69 Å². The standard InChI is InChI=1S/C15H13N3O2/c19-15(13-6-3-4-9-16-13)18-10-8-12(17-20)11-5-1-2-7-14(11)18/h1-7,9,20H,8,10H2. The fourth-order valence-electron chi connectivity index (χ4n) is 2.37. The second kappa shape index (κ2) is 5.13. The number of carbonyl (C=O) groups excluding carboxylic acids is 1.